The predicted molar refractivity (Wildman–Crippen MR) is 68.7 cm³/mol. The van der Waals surface area contributed by atoms with Gasteiger partial charge in [-0.25, -0.2) is 9.78 Å². The number of benzene rings is 1. The van der Waals surface area contributed by atoms with E-state index in [9.17, 15) is 4.79 Å². The molecule has 3 aromatic rings. The van der Waals surface area contributed by atoms with Crippen molar-refractivity contribution in [2.75, 3.05) is 0 Å². The standard InChI is InChI=1S/C14H10N2O2/c1-8-11(14(17)18)7-10-5-4-9-3-2-6-15-12(9)13(10)16-8/h2-7H,1H3,(H,17,18). The van der Waals surface area contributed by atoms with Gasteiger partial charge in [-0.05, 0) is 19.1 Å². The van der Waals surface area contributed by atoms with Crippen LogP contribution in [0.4, 0.5) is 0 Å². The van der Waals surface area contributed by atoms with Crippen molar-refractivity contribution in [3.63, 3.8) is 0 Å². The van der Waals surface area contributed by atoms with Crippen LogP contribution in [0.25, 0.3) is 21.8 Å². The van der Waals surface area contributed by atoms with Gasteiger partial charge < -0.3 is 5.11 Å². The molecular formula is C14H10N2O2. The zero-order valence-corrected chi connectivity index (χ0v) is 9.71. The highest BCUT2D eigenvalue weighted by atomic mass is 16.4. The van der Waals surface area contributed by atoms with E-state index in [4.69, 9.17) is 5.11 Å². The van der Waals surface area contributed by atoms with Gasteiger partial charge in [0, 0.05) is 17.0 Å². The van der Waals surface area contributed by atoms with E-state index in [0.717, 1.165) is 21.8 Å². The average Bonchev–Trinajstić information content (AvgIpc) is 2.37. The lowest BCUT2D eigenvalue weighted by Gasteiger charge is -2.05. The second kappa shape index (κ2) is 3.77. The Kier molecular flexibility index (Phi) is 2.23. The lowest BCUT2D eigenvalue weighted by molar-refractivity contribution is 0.0696. The summed E-state index contributed by atoms with van der Waals surface area (Å²) in [6, 6.07) is 9.27. The number of carboxylic acid groups (broad SMARTS) is 1. The number of carboxylic acids is 1. The number of aromatic nitrogens is 2. The van der Waals surface area contributed by atoms with Gasteiger partial charge in [0.1, 0.15) is 0 Å². The molecule has 2 heterocycles. The second-order valence-electron chi connectivity index (χ2n) is 4.14. The zero-order valence-electron chi connectivity index (χ0n) is 9.71. The summed E-state index contributed by atoms with van der Waals surface area (Å²) in [6.07, 6.45) is 1.71. The number of aryl methyl sites for hydroxylation is 1. The molecule has 0 radical (unpaired) electrons. The number of fused-ring (bicyclic) bond motifs is 3. The fraction of sp³-hybridized carbons (Fsp3) is 0.0714. The normalized spacial score (nSPS) is 10.9. The molecule has 0 amide bonds. The predicted octanol–water partition coefficient (Wildman–Crippen LogP) is 2.79. The molecule has 0 aliphatic heterocycles. The van der Waals surface area contributed by atoms with E-state index in [1.807, 2.05) is 24.3 Å². The summed E-state index contributed by atoms with van der Waals surface area (Å²) in [5.41, 5.74) is 2.29. The van der Waals surface area contributed by atoms with Crippen LogP contribution in [0.3, 0.4) is 0 Å². The maximum Gasteiger partial charge on any atom is 0.337 e. The second-order valence-corrected chi connectivity index (χ2v) is 4.14. The van der Waals surface area contributed by atoms with Gasteiger partial charge >= 0.3 is 5.97 Å². The number of hydrogen-bond donors (Lipinski definition) is 1. The lowest BCUT2D eigenvalue weighted by Crippen LogP contribution is -2.02. The van der Waals surface area contributed by atoms with Gasteiger partial charge in [0.25, 0.3) is 0 Å². The van der Waals surface area contributed by atoms with E-state index in [1.165, 1.54) is 0 Å². The molecule has 0 bridgehead atoms. The summed E-state index contributed by atoms with van der Waals surface area (Å²) < 4.78 is 0. The molecule has 1 N–H and O–H groups in total. The number of nitrogens with zero attached hydrogens (tertiary/aromatic N) is 2. The summed E-state index contributed by atoms with van der Waals surface area (Å²) in [7, 11) is 0. The first-order chi connectivity index (χ1) is 8.66. The van der Waals surface area contributed by atoms with Gasteiger partial charge in [0.15, 0.2) is 0 Å². The number of aromatic carboxylic acids is 1. The van der Waals surface area contributed by atoms with Crippen LogP contribution in [0.15, 0.2) is 36.5 Å². The Labute approximate surface area is 103 Å². The van der Waals surface area contributed by atoms with E-state index >= 15 is 0 Å². The minimum Gasteiger partial charge on any atom is -0.478 e. The van der Waals surface area contributed by atoms with Crippen LogP contribution in [0.2, 0.25) is 0 Å². The number of rotatable bonds is 1. The van der Waals surface area contributed by atoms with Crippen molar-refractivity contribution in [1.29, 1.82) is 0 Å². The third-order valence-corrected chi connectivity index (χ3v) is 2.98. The van der Waals surface area contributed by atoms with Crippen molar-refractivity contribution in [1.82, 2.24) is 9.97 Å². The Balaban J connectivity index is 2.46. The SMILES string of the molecule is Cc1nc2c(ccc3cccnc32)cc1C(=O)O. The molecule has 3 rings (SSSR count). The molecule has 0 saturated heterocycles. The van der Waals surface area contributed by atoms with Gasteiger partial charge in [-0.1, -0.05) is 18.2 Å². The van der Waals surface area contributed by atoms with Crippen molar-refractivity contribution in [3.8, 4) is 0 Å². The molecule has 88 valence electrons. The van der Waals surface area contributed by atoms with E-state index in [0.29, 0.717) is 5.69 Å². The first-order valence-corrected chi connectivity index (χ1v) is 5.55. The number of carbonyl (C=O) groups is 1. The smallest absolute Gasteiger partial charge is 0.337 e. The summed E-state index contributed by atoms with van der Waals surface area (Å²) in [5, 5.41) is 10.9. The van der Waals surface area contributed by atoms with Crippen LogP contribution >= 0.6 is 0 Å². The van der Waals surface area contributed by atoms with Crippen LogP contribution in [0.5, 0.6) is 0 Å². The Morgan fingerprint density at radius 2 is 1.94 bits per heavy atom. The van der Waals surface area contributed by atoms with Crippen molar-refractivity contribution in [3.05, 3.63) is 47.8 Å². The zero-order chi connectivity index (χ0) is 12.7. The van der Waals surface area contributed by atoms with Crippen molar-refractivity contribution < 1.29 is 9.90 Å². The molecule has 4 heteroatoms. The molecule has 0 aliphatic carbocycles. The van der Waals surface area contributed by atoms with Crippen LogP contribution in [-0.4, -0.2) is 21.0 Å². The lowest BCUT2D eigenvalue weighted by atomic mass is 10.1. The fourth-order valence-corrected chi connectivity index (χ4v) is 2.08. The van der Waals surface area contributed by atoms with E-state index < -0.39 is 5.97 Å². The molecule has 0 fully saturated rings. The summed E-state index contributed by atoms with van der Waals surface area (Å²) in [4.78, 5) is 19.8. The molecule has 1 aromatic carbocycles. The van der Waals surface area contributed by atoms with E-state index in [-0.39, 0.29) is 5.56 Å². The van der Waals surface area contributed by atoms with Crippen molar-refractivity contribution in [2.24, 2.45) is 0 Å². The molecule has 2 aromatic heterocycles. The van der Waals surface area contributed by atoms with Crippen LogP contribution < -0.4 is 0 Å². The Bertz CT molecular complexity index is 781. The van der Waals surface area contributed by atoms with Gasteiger partial charge in [-0.2, -0.15) is 0 Å². The average molecular weight is 238 g/mol. The van der Waals surface area contributed by atoms with Crippen molar-refractivity contribution in [2.45, 2.75) is 6.92 Å². The van der Waals surface area contributed by atoms with Crippen LogP contribution in [0, 0.1) is 6.92 Å². The summed E-state index contributed by atoms with van der Waals surface area (Å²) >= 11 is 0. The minimum atomic E-state index is -0.956. The van der Waals surface area contributed by atoms with Gasteiger partial charge in [0.2, 0.25) is 0 Å². The maximum absolute atomic E-state index is 11.1. The minimum absolute atomic E-state index is 0.234. The molecule has 0 saturated carbocycles. The Morgan fingerprint density at radius 1 is 1.17 bits per heavy atom. The summed E-state index contributed by atoms with van der Waals surface area (Å²) in [6.45, 7) is 1.70. The third kappa shape index (κ3) is 1.50. The first-order valence-electron chi connectivity index (χ1n) is 5.55. The number of hydrogen-bond acceptors (Lipinski definition) is 3. The molecular weight excluding hydrogens is 228 g/mol. The van der Waals surface area contributed by atoms with Crippen molar-refractivity contribution >= 4 is 27.8 Å². The van der Waals surface area contributed by atoms with Crippen LogP contribution in [0.1, 0.15) is 16.1 Å². The highest BCUT2D eigenvalue weighted by molar-refractivity contribution is 6.04. The van der Waals surface area contributed by atoms with Crippen LogP contribution in [-0.2, 0) is 0 Å². The summed E-state index contributed by atoms with van der Waals surface area (Å²) in [5.74, 6) is -0.956. The quantitative estimate of drug-likeness (QED) is 0.662. The monoisotopic (exact) mass is 238 g/mol. The highest BCUT2D eigenvalue weighted by Gasteiger charge is 2.11. The molecule has 0 aliphatic rings. The Morgan fingerprint density at radius 3 is 2.72 bits per heavy atom. The molecule has 4 nitrogen and oxygen atoms in total. The molecule has 0 atom stereocenters. The van der Waals surface area contributed by atoms with Gasteiger partial charge in [-0.15, -0.1) is 0 Å². The third-order valence-electron chi connectivity index (χ3n) is 2.98. The first kappa shape index (κ1) is 10.7. The van der Waals surface area contributed by atoms with E-state index in [1.54, 1.807) is 19.2 Å². The van der Waals surface area contributed by atoms with Gasteiger partial charge in [0.05, 0.1) is 22.3 Å². The maximum atomic E-state index is 11.1. The fourth-order valence-electron chi connectivity index (χ4n) is 2.08. The molecule has 0 unspecified atom stereocenters. The topological polar surface area (TPSA) is 63.1 Å². The van der Waals surface area contributed by atoms with Gasteiger partial charge in [-0.3, -0.25) is 4.98 Å². The molecule has 0 spiro atoms. The molecule has 18 heavy (non-hydrogen) atoms. The largest absolute Gasteiger partial charge is 0.478 e. The van der Waals surface area contributed by atoms with E-state index in [2.05, 4.69) is 9.97 Å². The number of pyridine rings is 2. The Hall–Kier alpha value is -2.49. The highest BCUT2D eigenvalue weighted by Crippen LogP contribution is 2.23.